The van der Waals surface area contributed by atoms with Gasteiger partial charge < -0.3 is 15.4 Å². The fourth-order valence-electron chi connectivity index (χ4n) is 3.55. The molecule has 0 aromatic carbocycles. The highest BCUT2D eigenvalue weighted by Crippen LogP contribution is 2.38. The Bertz CT molecular complexity index is 964. The largest absolute Gasteiger partial charge is 0.385 e. The van der Waals surface area contributed by atoms with Gasteiger partial charge in [0, 0.05) is 43.8 Å². The Morgan fingerprint density at radius 2 is 2.10 bits per heavy atom. The Morgan fingerprint density at radius 1 is 1.33 bits per heavy atom. The molecule has 0 radical (unpaired) electrons. The predicted octanol–water partition coefficient (Wildman–Crippen LogP) is 3.74. The molecule has 30 heavy (non-hydrogen) atoms. The second kappa shape index (κ2) is 10.2. The van der Waals surface area contributed by atoms with Crippen LogP contribution < -0.4 is 10.6 Å². The first kappa shape index (κ1) is 22.5. The van der Waals surface area contributed by atoms with E-state index in [2.05, 4.69) is 15.7 Å². The molecule has 2 amide bonds. The second-order valence-corrected chi connectivity index (χ2v) is 8.72. The van der Waals surface area contributed by atoms with E-state index in [1.54, 1.807) is 24.9 Å². The van der Waals surface area contributed by atoms with Crippen LogP contribution in [0.2, 0.25) is 5.15 Å². The molecular formula is C21H27ClN4O3S. The first-order valence-electron chi connectivity index (χ1n) is 10.0. The lowest BCUT2D eigenvalue weighted by Gasteiger charge is -2.13. The molecule has 0 unspecified atom stereocenters. The number of carbonyl (C=O) groups excluding carboxylic acids is 2. The van der Waals surface area contributed by atoms with Crippen molar-refractivity contribution in [2.75, 3.05) is 25.6 Å². The maximum Gasteiger partial charge on any atom is 0.254 e. The van der Waals surface area contributed by atoms with Crippen LogP contribution in [0.3, 0.4) is 0 Å². The first-order valence-corrected chi connectivity index (χ1v) is 11.2. The number of fused-ring (bicyclic) bond motifs is 1. The zero-order valence-electron chi connectivity index (χ0n) is 17.5. The number of methoxy groups -OCH3 is 1. The maximum atomic E-state index is 12.9. The molecule has 2 aromatic heterocycles. The van der Waals surface area contributed by atoms with Gasteiger partial charge in [-0.1, -0.05) is 11.6 Å². The van der Waals surface area contributed by atoms with Crippen LogP contribution in [0.5, 0.6) is 0 Å². The molecular weight excluding hydrogens is 424 g/mol. The van der Waals surface area contributed by atoms with Crippen molar-refractivity contribution in [1.29, 1.82) is 0 Å². The van der Waals surface area contributed by atoms with Crippen molar-refractivity contribution in [3.05, 3.63) is 38.5 Å². The van der Waals surface area contributed by atoms with Crippen LogP contribution >= 0.6 is 22.9 Å². The van der Waals surface area contributed by atoms with Gasteiger partial charge in [0.25, 0.3) is 5.91 Å². The van der Waals surface area contributed by atoms with Gasteiger partial charge in [0.2, 0.25) is 5.91 Å². The number of halogens is 1. The Labute approximate surface area is 185 Å². The first-order chi connectivity index (χ1) is 14.4. The third-order valence-electron chi connectivity index (χ3n) is 5.04. The van der Waals surface area contributed by atoms with Crippen molar-refractivity contribution in [3.63, 3.8) is 0 Å². The number of ether oxygens (including phenoxy) is 1. The molecule has 0 aliphatic heterocycles. The summed E-state index contributed by atoms with van der Waals surface area (Å²) in [6.07, 6.45) is 7.79. The fraction of sp³-hybridized carbons (Fsp3) is 0.476. The second-order valence-electron chi connectivity index (χ2n) is 7.25. The van der Waals surface area contributed by atoms with Crippen LogP contribution in [0.25, 0.3) is 6.08 Å². The van der Waals surface area contributed by atoms with Crippen LogP contribution in [0, 0.1) is 6.92 Å². The standard InChI is InChI=1S/C21H27ClN4O3S/c1-13-14(19(22)26(2)25-13)9-10-17(27)24-21-18(20(28)23-11-6-12-29-3)15-7-4-5-8-16(15)30-21/h9-10H,4-8,11-12H2,1-3H3,(H,23,28)(H,24,27)/b10-9+. The van der Waals surface area contributed by atoms with Crippen molar-refractivity contribution in [3.8, 4) is 0 Å². The summed E-state index contributed by atoms with van der Waals surface area (Å²) in [5.41, 5.74) is 3.12. The molecule has 0 spiro atoms. The molecule has 0 atom stereocenters. The van der Waals surface area contributed by atoms with Crippen molar-refractivity contribution in [1.82, 2.24) is 15.1 Å². The lowest BCUT2D eigenvalue weighted by Crippen LogP contribution is -2.27. The molecule has 0 saturated carbocycles. The monoisotopic (exact) mass is 450 g/mol. The minimum absolute atomic E-state index is 0.143. The van der Waals surface area contributed by atoms with Gasteiger partial charge in [0.1, 0.15) is 10.2 Å². The van der Waals surface area contributed by atoms with Crippen LogP contribution in [-0.4, -0.2) is 41.9 Å². The molecule has 7 nitrogen and oxygen atoms in total. The summed E-state index contributed by atoms with van der Waals surface area (Å²) in [5.74, 6) is -0.447. The number of anilines is 1. The summed E-state index contributed by atoms with van der Waals surface area (Å²) in [6, 6.07) is 0. The van der Waals surface area contributed by atoms with Crippen LogP contribution in [-0.2, 0) is 29.4 Å². The molecule has 2 N–H and O–H groups in total. The highest BCUT2D eigenvalue weighted by molar-refractivity contribution is 7.17. The summed E-state index contributed by atoms with van der Waals surface area (Å²) in [6.45, 7) is 2.96. The topological polar surface area (TPSA) is 85.2 Å². The summed E-state index contributed by atoms with van der Waals surface area (Å²) in [4.78, 5) is 26.7. The van der Waals surface area contributed by atoms with Crippen LogP contribution in [0.15, 0.2) is 6.08 Å². The predicted molar refractivity (Wildman–Crippen MR) is 120 cm³/mol. The summed E-state index contributed by atoms with van der Waals surface area (Å²) >= 11 is 7.72. The number of carbonyl (C=O) groups is 2. The minimum Gasteiger partial charge on any atom is -0.385 e. The lowest BCUT2D eigenvalue weighted by atomic mass is 9.95. The maximum absolute atomic E-state index is 12.9. The summed E-state index contributed by atoms with van der Waals surface area (Å²) in [5, 5.41) is 11.2. The van der Waals surface area contributed by atoms with E-state index >= 15 is 0 Å². The fourth-order valence-corrected chi connectivity index (χ4v) is 5.08. The Kier molecular flexibility index (Phi) is 7.69. The highest BCUT2D eigenvalue weighted by atomic mass is 35.5. The quantitative estimate of drug-likeness (QED) is 0.474. The average molecular weight is 451 g/mol. The Morgan fingerprint density at radius 3 is 2.80 bits per heavy atom. The minimum atomic E-state index is -0.304. The Balaban J connectivity index is 1.77. The van der Waals surface area contributed by atoms with E-state index in [0.717, 1.165) is 43.4 Å². The third-order valence-corrected chi connectivity index (χ3v) is 6.70. The third kappa shape index (κ3) is 5.11. The van der Waals surface area contributed by atoms with Gasteiger partial charge in [-0.05, 0) is 50.7 Å². The number of amides is 2. The van der Waals surface area contributed by atoms with Crippen molar-refractivity contribution in [2.24, 2.45) is 7.05 Å². The van der Waals surface area contributed by atoms with Gasteiger partial charge in [-0.25, -0.2) is 0 Å². The van der Waals surface area contributed by atoms with Crippen LogP contribution in [0.4, 0.5) is 5.00 Å². The van der Waals surface area contributed by atoms with E-state index in [0.29, 0.717) is 34.4 Å². The number of rotatable bonds is 8. The number of thiophene rings is 1. The van der Waals surface area contributed by atoms with Crippen molar-refractivity contribution in [2.45, 2.75) is 39.0 Å². The number of hydrogen-bond acceptors (Lipinski definition) is 5. The van der Waals surface area contributed by atoms with Gasteiger partial charge in [-0.15, -0.1) is 11.3 Å². The molecule has 9 heteroatoms. The van der Waals surface area contributed by atoms with Gasteiger partial charge in [-0.3, -0.25) is 14.3 Å². The summed E-state index contributed by atoms with van der Waals surface area (Å²) < 4.78 is 6.60. The normalized spacial score (nSPS) is 13.5. The molecule has 3 rings (SSSR count). The molecule has 2 aromatic rings. The zero-order chi connectivity index (χ0) is 21.7. The number of nitrogens with zero attached hydrogens (tertiary/aromatic N) is 2. The van der Waals surface area contributed by atoms with E-state index in [1.165, 1.54) is 22.3 Å². The van der Waals surface area contributed by atoms with Gasteiger partial charge in [-0.2, -0.15) is 5.10 Å². The molecule has 1 aliphatic rings. The number of hydrogen-bond donors (Lipinski definition) is 2. The van der Waals surface area contributed by atoms with E-state index < -0.39 is 0 Å². The summed E-state index contributed by atoms with van der Waals surface area (Å²) in [7, 11) is 3.39. The van der Waals surface area contributed by atoms with Crippen LogP contribution in [0.1, 0.15) is 51.3 Å². The number of aromatic nitrogens is 2. The SMILES string of the molecule is COCCCNC(=O)c1c(NC(=O)/C=C/c2c(C)nn(C)c2Cl)sc2c1CCCC2. The van der Waals surface area contributed by atoms with E-state index in [4.69, 9.17) is 16.3 Å². The molecule has 162 valence electrons. The molecule has 0 bridgehead atoms. The molecule has 2 heterocycles. The lowest BCUT2D eigenvalue weighted by molar-refractivity contribution is -0.111. The van der Waals surface area contributed by atoms with Gasteiger partial charge in [0.05, 0.1) is 11.3 Å². The smallest absolute Gasteiger partial charge is 0.254 e. The molecule has 0 fully saturated rings. The van der Waals surface area contributed by atoms with Gasteiger partial charge in [0.15, 0.2) is 0 Å². The Hall–Kier alpha value is -2.16. The van der Waals surface area contributed by atoms with Crippen molar-refractivity contribution >= 4 is 45.8 Å². The van der Waals surface area contributed by atoms with Crippen molar-refractivity contribution < 1.29 is 14.3 Å². The van der Waals surface area contributed by atoms with E-state index in [9.17, 15) is 9.59 Å². The number of aryl methyl sites for hydroxylation is 3. The van der Waals surface area contributed by atoms with E-state index in [-0.39, 0.29) is 11.8 Å². The van der Waals surface area contributed by atoms with E-state index in [1.807, 2.05) is 6.92 Å². The highest BCUT2D eigenvalue weighted by Gasteiger charge is 2.26. The molecule has 0 saturated heterocycles. The van der Waals surface area contributed by atoms with Gasteiger partial charge >= 0.3 is 0 Å². The molecule has 1 aliphatic carbocycles. The zero-order valence-corrected chi connectivity index (χ0v) is 19.1. The number of nitrogens with one attached hydrogen (secondary N) is 2. The average Bonchev–Trinajstić information content (AvgIpc) is 3.19.